The first-order valence-corrected chi connectivity index (χ1v) is 5.80. The number of carbonyl (C=O) groups excluding carboxylic acids is 1. The Morgan fingerprint density at radius 2 is 2.33 bits per heavy atom. The molecule has 1 aliphatic rings. The minimum absolute atomic E-state index is 0.115. The van der Waals surface area contributed by atoms with E-state index in [0.29, 0.717) is 23.6 Å². The lowest BCUT2D eigenvalue weighted by Crippen LogP contribution is -2.20. The second-order valence-corrected chi connectivity index (χ2v) is 4.16. The molecule has 0 bridgehead atoms. The van der Waals surface area contributed by atoms with E-state index in [1.807, 2.05) is 12.1 Å². The summed E-state index contributed by atoms with van der Waals surface area (Å²) in [6, 6.07) is 7.22. The fourth-order valence-corrected chi connectivity index (χ4v) is 2.02. The number of aryl methyl sites for hydroxylation is 1. The zero-order valence-corrected chi connectivity index (χ0v) is 10.0. The summed E-state index contributed by atoms with van der Waals surface area (Å²) in [6.07, 6.45) is 1.75. The smallest absolute Gasteiger partial charge is 0.217 e. The Morgan fingerprint density at radius 1 is 1.44 bits per heavy atom. The lowest BCUT2D eigenvalue weighted by Gasteiger charge is -2.20. The van der Waals surface area contributed by atoms with Gasteiger partial charge in [0.25, 0.3) is 0 Å². The highest BCUT2D eigenvalue weighted by molar-refractivity contribution is 6.10. The quantitative estimate of drug-likeness (QED) is 0.811. The van der Waals surface area contributed by atoms with E-state index >= 15 is 0 Å². The number of nitrogens with zero attached hydrogens (tertiary/aromatic N) is 2. The van der Waals surface area contributed by atoms with E-state index < -0.39 is 0 Å². The predicted molar refractivity (Wildman–Crippen MR) is 67.1 cm³/mol. The highest BCUT2D eigenvalue weighted by Crippen LogP contribution is 2.32. The molecule has 0 saturated heterocycles. The number of ketones is 1. The molecule has 2 aromatic rings. The zero-order chi connectivity index (χ0) is 12.5. The van der Waals surface area contributed by atoms with Gasteiger partial charge in [0.05, 0.1) is 11.3 Å². The van der Waals surface area contributed by atoms with Gasteiger partial charge in [0.1, 0.15) is 12.3 Å². The first-order valence-electron chi connectivity index (χ1n) is 5.80. The van der Waals surface area contributed by atoms with Gasteiger partial charge in [-0.3, -0.25) is 9.48 Å². The number of hydrogen-bond acceptors (Lipinski definition) is 4. The molecular formula is C13H13N3O2. The SMILES string of the molecule is Cn1ccc(C(=O)c2cccc3c2OCCN3)n1. The van der Waals surface area contributed by atoms with Crippen molar-refractivity contribution in [1.29, 1.82) is 0 Å². The van der Waals surface area contributed by atoms with Crippen LogP contribution in [-0.2, 0) is 7.05 Å². The second kappa shape index (κ2) is 4.18. The molecule has 0 spiro atoms. The number of benzene rings is 1. The molecule has 0 saturated carbocycles. The summed E-state index contributed by atoms with van der Waals surface area (Å²) < 4.78 is 7.20. The topological polar surface area (TPSA) is 56.1 Å². The molecule has 5 nitrogen and oxygen atoms in total. The van der Waals surface area contributed by atoms with Crippen LogP contribution in [0.15, 0.2) is 30.5 Å². The average Bonchev–Trinajstić information content (AvgIpc) is 2.84. The molecule has 0 aliphatic carbocycles. The van der Waals surface area contributed by atoms with Crippen molar-refractivity contribution >= 4 is 11.5 Å². The highest BCUT2D eigenvalue weighted by atomic mass is 16.5. The number of para-hydroxylation sites is 1. The van der Waals surface area contributed by atoms with Gasteiger partial charge in [-0.2, -0.15) is 5.10 Å². The van der Waals surface area contributed by atoms with Crippen molar-refractivity contribution in [2.75, 3.05) is 18.5 Å². The number of fused-ring (bicyclic) bond motifs is 1. The molecular weight excluding hydrogens is 230 g/mol. The Labute approximate surface area is 104 Å². The maximum absolute atomic E-state index is 12.3. The molecule has 1 aliphatic heterocycles. The number of ether oxygens (including phenoxy) is 1. The minimum Gasteiger partial charge on any atom is -0.489 e. The fraction of sp³-hybridized carbons (Fsp3) is 0.231. The predicted octanol–water partition coefficient (Wildman–Crippen LogP) is 1.46. The number of rotatable bonds is 2. The van der Waals surface area contributed by atoms with E-state index in [2.05, 4.69) is 10.4 Å². The van der Waals surface area contributed by atoms with Crippen LogP contribution in [0.4, 0.5) is 5.69 Å². The maximum Gasteiger partial charge on any atom is 0.217 e. The third-order valence-electron chi connectivity index (χ3n) is 2.87. The van der Waals surface area contributed by atoms with E-state index in [1.165, 1.54) is 0 Å². The van der Waals surface area contributed by atoms with Crippen molar-refractivity contribution in [1.82, 2.24) is 9.78 Å². The van der Waals surface area contributed by atoms with Crippen LogP contribution in [-0.4, -0.2) is 28.7 Å². The number of anilines is 1. The van der Waals surface area contributed by atoms with Gasteiger partial charge < -0.3 is 10.1 Å². The molecule has 0 radical (unpaired) electrons. The van der Waals surface area contributed by atoms with Crippen molar-refractivity contribution < 1.29 is 9.53 Å². The number of carbonyl (C=O) groups is 1. The molecule has 0 amide bonds. The molecule has 2 heterocycles. The summed E-state index contributed by atoms with van der Waals surface area (Å²) in [4.78, 5) is 12.3. The lowest BCUT2D eigenvalue weighted by atomic mass is 10.1. The number of hydrogen-bond donors (Lipinski definition) is 1. The molecule has 0 atom stereocenters. The summed E-state index contributed by atoms with van der Waals surface area (Å²) in [7, 11) is 1.79. The Hall–Kier alpha value is -2.30. The van der Waals surface area contributed by atoms with E-state index in [1.54, 1.807) is 30.1 Å². The summed E-state index contributed by atoms with van der Waals surface area (Å²) in [5.74, 6) is 0.510. The standard InChI is InChI=1S/C13H13N3O2/c1-16-7-5-10(15-16)12(17)9-3-2-4-11-13(9)18-8-6-14-11/h2-5,7,14H,6,8H2,1H3. The second-order valence-electron chi connectivity index (χ2n) is 4.16. The summed E-state index contributed by atoms with van der Waals surface area (Å²) in [5, 5.41) is 7.34. The van der Waals surface area contributed by atoms with Crippen molar-refractivity contribution in [3.63, 3.8) is 0 Å². The van der Waals surface area contributed by atoms with Crippen LogP contribution >= 0.6 is 0 Å². The van der Waals surface area contributed by atoms with Crippen molar-refractivity contribution in [2.45, 2.75) is 0 Å². The first-order chi connectivity index (χ1) is 8.75. The number of nitrogens with one attached hydrogen (secondary N) is 1. The summed E-state index contributed by atoms with van der Waals surface area (Å²) in [5.41, 5.74) is 1.85. The van der Waals surface area contributed by atoms with Crippen LogP contribution in [0.3, 0.4) is 0 Å². The van der Waals surface area contributed by atoms with Crippen LogP contribution in [0, 0.1) is 0 Å². The molecule has 3 rings (SSSR count). The fourth-order valence-electron chi connectivity index (χ4n) is 2.02. The Kier molecular flexibility index (Phi) is 2.51. The highest BCUT2D eigenvalue weighted by Gasteiger charge is 2.21. The van der Waals surface area contributed by atoms with Crippen LogP contribution in [0.2, 0.25) is 0 Å². The molecule has 92 valence electrons. The summed E-state index contributed by atoms with van der Waals surface area (Å²) >= 11 is 0. The van der Waals surface area contributed by atoms with Gasteiger partial charge in [-0.1, -0.05) is 6.07 Å². The molecule has 0 fully saturated rings. The maximum atomic E-state index is 12.3. The third-order valence-corrected chi connectivity index (χ3v) is 2.87. The third kappa shape index (κ3) is 1.73. The molecule has 18 heavy (non-hydrogen) atoms. The Balaban J connectivity index is 2.04. The number of aromatic nitrogens is 2. The van der Waals surface area contributed by atoms with Crippen molar-refractivity contribution in [2.24, 2.45) is 7.05 Å². The van der Waals surface area contributed by atoms with Crippen molar-refractivity contribution in [3.8, 4) is 5.75 Å². The zero-order valence-electron chi connectivity index (χ0n) is 10.0. The normalized spacial score (nSPS) is 13.4. The van der Waals surface area contributed by atoms with Gasteiger partial charge in [-0.15, -0.1) is 0 Å². The van der Waals surface area contributed by atoms with Crippen molar-refractivity contribution in [3.05, 3.63) is 41.7 Å². The molecule has 5 heteroatoms. The van der Waals surface area contributed by atoms with Gasteiger partial charge in [0, 0.05) is 19.8 Å². The van der Waals surface area contributed by atoms with Crippen LogP contribution in [0.5, 0.6) is 5.75 Å². The van der Waals surface area contributed by atoms with Gasteiger partial charge in [0.2, 0.25) is 5.78 Å². The molecule has 1 aromatic carbocycles. The van der Waals surface area contributed by atoms with Gasteiger partial charge >= 0.3 is 0 Å². The largest absolute Gasteiger partial charge is 0.489 e. The lowest BCUT2D eigenvalue weighted by molar-refractivity contribution is 0.102. The Bertz CT molecular complexity index is 604. The van der Waals surface area contributed by atoms with E-state index in [4.69, 9.17) is 4.74 Å². The Morgan fingerprint density at radius 3 is 3.11 bits per heavy atom. The molecule has 1 N–H and O–H groups in total. The molecule has 0 unspecified atom stereocenters. The van der Waals surface area contributed by atoms with Crippen LogP contribution < -0.4 is 10.1 Å². The van der Waals surface area contributed by atoms with E-state index in [9.17, 15) is 4.79 Å². The van der Waals surface area contributed by atoms with Gasteiger partial charge in [-0.05, 0) is 18.2 Å². The first kappa shape index (κ1) is 10.8. The van der Waals surface area contributed by atoms with Gasteiger partial charge in [0.15, 0.2) is 5.75 Å². The van der Waals surface area contributed by atoms with E-state index in [0.717, 1.165) is 12.2 Å². The summed E-state index contributed by atoms with van der Waals surface area (Å²) in [6.45, 7) is 1.33. The minimum atomic E-state index is -0.115. The van der Waals surface area contributed by atoms with Gasteiger partial charge in [-0.25, -0.2) is 0 Å². The van der Waals surface area contributed by atoms with Crippen LogP contribution in [0.25, 0.3) is 0 Å². The van der Waals surface area contributed by atoms with Crippen LogP contribution in [0.1, 0.15) is 16.1 Å². The monoisotopic (exact) mass is 243 g/mol. The average molecular weight is 243 g/mol. The molecule has 1 aromatic heterocycles. The van der Waals surface area contributed by atoms with E-state index in [-0.39, 0.29) is 5.78 Å².